The van der Waals surface area contributed by atoms with Crippen LogP contribution in [-0.2, 0) is 20.7 Å². The van der Waals surface area contributed by atoms with Gasteiger partial charge in [-0.2, -0.15) is 0 Å². The summed E-state index contributed by atoms with van der Waals surface area (Å²) >= 11 is 6.20. The Bertz CT molecular complexity index is 660. The van der Waals surface area contributed by atoms with Crippen molar-refractivity contribution in [2.24, 2.45) is 5.73 Å². The molecule has 0 saturated carbocycles. The molecule has 0 aliphatic heterocycles. The van der Waals surface area contributed by atoms with E-state index in [-0.39, 0.29) is 11.5 Å². The van der Waals surface area contributed by atoms with Crippen molar-refractivity contribution >= 4 is 45.7 Å². The van der Waals surface area contributed by atoms with Gasteiger partial charge in [0.15, 0.2) is 5.11 Å². The minimum atomic E-state index is -0.875. The van der Waals surface area contributed by atoms with Gasteiger partial charge in [-0.3, -0.25) is 0 Å². The summed E-state index contributed by atoms with van der Waals surface area (Å²) in [7, 11) is 0. The molecule has 1 rings (SSSR count). The summed E-state index contributed by atoms with van der Waals surface area (Å²) in [5.41, 5.74) is 4.12. The Morgan fingerprint density at radius 1 is 1.15 bits per heavy atom. The van der Waals surface area contributed by atoms with Crippen LogP contribution in [0, 0.1) is 0 Å². The summed E-state index contributed by atoms with van der Waals surface area (Å²) in [6.45, 7) is 10.6. The molecule has 0 aromatic carbocycles. The van der Waals surface area contributed by atoms with Crippen molar-refractivity contribution in [1.29, 1.82) is 0 Å². The maximum absolute atomic E-state index is 12.5. The summed E-state index contributed by atoms with van der Waals surface area (Å²) in [5, 5.41) is 6.35. The number of nitrogens with one attached hydrogen (secondary N) is 2. The average molecular weight is 402 g/mol. The largest absolute Gasteiger partial charge is 0.458 e. The lowest BCUT2D eigenvalue weighted by Gasteiger charge is -2.26. The standard InChI is InChI=1S/C17H27N3O4S2/c1-16(2,3)23-13(21)11(19-15(22)24-17(4,5)6)9-10-7-8-12(26-10)20-14(18)25/h7-8,11H,9H2,1-6H3,(H,19,22)(H3,18,20,25). The number of carbonyl (C=O) groups excluding carboxylic acids is 2. The van der Waals surface area contributed by atoms with E-state index in [9.17, 15) is 9.59 Å². The quantitative estimate of drug-likeness (QED) is 0.514. The van der Waals surface area contributed by atoms with Crippen LogP contribution in [0.4, 0.5) is 9.80 Å². The number of alkyl carbamates (subject to hydrolysis) is 1. The van der Waals surface area contributed by atoms with E-state index in [1.54, 1.807) is 47.6 Å². The highest BCUT2D eigenvalue weighted by Gasteiger charge is 2.29. The molecule has 9 heteroatoms. The molecule has 0 bridgehead atoms. The van der Waals surface area contributed by atoms with Gasteiger partial charge in [-0.05, 0) is 65.9 Å². The Balaban J connectivity index is 2.89. The van der Waals surface area contributed by atoms with Gasteiger partial charge in [0.2, 0.25) is 0 Å². The zero-order valence-corrected chi connectivity index (χ0v) is 17.6. The highest BCUT2D eigenvalue weighted by Crippen LogP contribution is 2.24. The fourth-order valence-electron chi connectivity index (χ4n) is 1.89. The van der Waals surface area contributed by atoms with Crippen molar-refractivity contribution < 1.29 is 19.1 Å². The third-order valence-corrected chi connectivity index (χ3v) is 3.82. The van der Waals surface area contributed by atoms with Gasteiger partial charge in [0, 0.05) is 11.3 Å². The fourth-order valence-corrected chi connectivity index (χ4v) is 3.03. The second kappa shape index (κ2) is 8.68. The maximum atomic E-state index is 12.5. The van der Waals surface area contributed by atoms with Crippen LogP contribution < -0.4 is 16.4 Å². The van der Waals surface area contributed by atoms with Crippen LogP contribution in [0.15, 0.2) is 12.1 Å². The van der Waals surface area contributed by atoms with Crippen molar-refractivity contribution in [2.75, 3.05) is 5.32 Å². The Morgan fingerprint density at radius 2 is 1.73 bits per heavy atom. The number of anilines is 1. The first-order chi connectivity index (χ1) is 11.7. The molecular weight excluding hydrogens is 374 g/mol. The van der Waals surface area contributed by atoms with Crippen molar-refractivity contribution in [1.82, 2.24) is 5.32 Å². The number of thiophene rings is 1. The van der Waals surface area contributed by atoms with Crippen LogP contribution in [0.5, 0.6) is 0 Å². The highest BCUT2D eigenvalue weighted by atomic mass is 32.1. The normalized spacial score (nSPS) is 12.8. The molecule has 0 aliphatic carbocycles. The molecule has 0 radical (unpaired) electrons. The average Bonchev–Trinajstić information content (AvgIpc) is 2.80. The van der Waals surface area contributed by atoms with Gasteiger partial charge in [0.25, 0.3) is 0 Å². The van der Waals surface area contributed by atoms with E-state index in [4.69, 9.17) is 27.4 Å². The molecule has 0 saturated heterocycles. The van der Waals surface area contributed by atoms with Gasteiger partial charge in [-0.25, -0.2) is 9.59 Å². The molecule has 146 valence electrons. The van der Waals surface area contributed by atoms with Crippen molar-refractivity contribution in [3.05, 3.63) is 17.0 Å². The zero-order chi connectivity index (χ0) is 20.1. The highest BCUT2D eigenvalue weighted by molar-refractivity contribution is 7.80. The number of nitrogens with two attached hydrogens (primary N) is 1. The lowest BCUT2D eigenvalue weighted by atomic mass is 10.1. The molecule has 0 aliphatic rings. The van der Waals surface area contributed by atoms with E-state index >= 15 is 0 Å². The first-order valence-electron chi connectivity index (χ1n) is 8.13. The van der Waals surface area contributed by atoms with Crippen molar-refractivity contribution in [3.63, 3.8) is 0 Å². The van der Waals surface area contributed by atoms with Crippen molar-refractivity contribution in [3.8, 4) is 0 Å². The summed E-state index contributed by atoms with van der Waals surface area (Å²) in [4.78, 5) is 25.5. The summed E-state index contributed by atoms with van der Waals surface area (Å²) in [5.74, 6) is -0.527. The summed E-state index contributed by atoms with van der Waals surface area (Å²) in [6.07, 6.45) is -0.413. The topological polar surface area (TPSA) is 103 Å². The molecule has 7 nitrogen and oxygen atoms in total. The van der Waals surface area contributed by atoms with Crippen LogP contribution in [-0.4, -0.2) is 34.4 Å². The molecule has 1 aromatic rings. The number of esters is 1. The number of rotatable bonds is 5. The Labute approximate surface area is 163 Å². The summed E-state index contributed by atoms with van der Waals surface area (Å²) in [6, 6.07) is 2.76. The monoisotopic (exact) mass is 401 g/mol. The molecule has 0 spiro atoms. The fraction of sp³-hybridized carbons (Fsp3) is 0.588. The number of ether oxygens (including phenoxy) is 2. The Hall–Kier alpha value is -1.87. The van der Waals surface area contributed by atoms with Gasteiger partial charge in [-0.1, -0.05) is 0 Å². The predicted octanol–water partition coefficient (Wildman–Crippen LogP) is 3.18. The van der Waals surface area contributed by atoms with Gasteiger partial charge in [0.05, 0.1) is 5.00 Å². The Kier molecular flexibility index (Phi) is 7.40. The lowest BCUT2D eigenvalue weighted by Crippen LogP contribution is -2.47. The van der Waals surface area contributed by atoms with Gasteiger partial charge in [-0.15, -0.1) is 11.3 Å². The molecule has 1 aromatic heterocycles. The molecule has 4 N–H and O–H groups in total. The number of hydrogen-bond donors (Lipinski definition) is 3. The number of amides is 1. The van der Waals surface area contributed by atoms with E-state index < -0.39 is 29.3 Å². The minimum absolute atomic E-state index is 0.161. The molecule has 1 atom stereocenters. The number of thiocarbonyl (C=S) groups is 1. The lowest BCUT2D eigenvalue weighted by molar-refractivity contribution is -0.157. The minimum Gasteiger partial charge on any atom is -0.458 e. The molecule has 1 heterocycles. The van der Waals surface area contributed by atoms with E-state index in [0.717, 1.165) is 9.88 Å². The first-order valence-corrected chi connectivity index (χ1v) is 9.35. The van der Waals surface area contributed by atoms with E-state index in [1.165, 1.54) is 11.3 Å². The van der Waals surface area contributed by atoms with Crippen molar-refractivity contribution in [2.45, 2.75) is 65.2 Å². The molecular formula is C17H27N3O4S2. The van der Waals surface area contributed by atoms with Gasteiger partial charge < -0.3 is 25.8 Å². The molecule has 26 heavy (non-hydrogen) atoms. The van der Waals surface area contributed by atoms with Crippen LogP contribution in [0.3, 0.4) is 0 Å². The zero-order valence-electron chi connectivity index (χ0n) is 16.0. The summed E-state index contributed by atoms with van der Waals surface area (Å²) < 4.78 is 10.7. The first kappa shape index (κ1) is 22.2. The second-order valence-corrected chi connectivity index (χ2v) is 9.30. The second-order valence-electron chi connectivity index (χ2n) is 7.69. The maximum Gasteiger partial charge on any atom is 0.408 e. The van der Waals surface area contributed by atoms with Gasteiger partial charge >= 0.3 is 12.1 Å². The molecule has 1 unspecified atom stereocenters. The Morgan fingerprint density at radius 3 is 2.23 bits per heavy atom. The van der Waals surface area contributed by atoms with Gasteiger partial charge in [0.1, 0.15) is 17.2 Å². The smallest absolute Gasteiger partial charge is 0.408 e. The molecule has 0 fully saturated rings. The van der Waals surface area contributed by atoms with E-state index in [2.05, 4.69) is 10.6 Å². The molecule has 1 amide bonds. The third-order valence-electron chi connectivity index (χ3n) is 2.70. The SMILES string of the molecule is CC(C)(C)OC(=O)NC(Cc1ccc(NC(N)=S)s1)C(=O)OC(C)(C)C. The van der Waals surface area contributed by atoms with Crippen LogP contribution in [0.25, 0.3) is 0 Å². The predicted molar refractivity (Wildman–Crippen MR) is 107 cm³/mol. The van der Waals surface area contributed by atoms with E-state index in [0.29, 0.717) is 0 Å². The van der Waals surface area contributed by atoms with Crippen LogP contribution >= 0.6 is 23.6 Å². The number of carbonyl (C=O) groups is 2. The third kappa shape index (κ3) is 9.00. The number of hydrogen-bond acceptors (Lipinski definition) is 6. The van der Waals surface area contributed by atoms with Crippen LogP contribution in [0.2, 0.25) is 0 Å². The van der Waals surface area contributed by atoms with E-state index in [1.807, 2.05) is 6.07 Å². The van der Waals surface area contributed by atoms with Crippen LogP contribution in [0.1, 0.15) is 46.4 Å².